The van der Waals surface area contributed by atoms with E-state index >= 15 is 0 Å². The Hall–Kier alpha value is -2.73. The number of nitrogens with zero attached hydrogens (tertiary/aromatic N) is 1. The maximum atomic E-state index is 13.1. The first kappa shape index (κ1) is 18.6. The number of halogens is 1. The molecule has 0 heterocycles. The maximum absolute atomic E-state index is 13.1. The summed E-state index contributed by atoms with van der Waals surface area (Å²) in [5.41, 5.74) is 1.38. The van der Waals surface area contributed by atoms with E-state index < -0.39 is 6.04 Å². The zero-order valence-corrected chi connectivity index (χ0v) is 14.0. The molecule has 0 saturated carbocycles. The summed E-state index contributed by atoms with van der Waals surface area (Å²) in [6.45, 7) is 1.47. The lowest BCUT2D eigenvalue weighted by atomic mass is 10.0. The minimum atomic E-state index is -0.838. The Morgan fingerprint density at radius 2 is 1.76 bits per heavy atom. The monoisotopic (exact) mass is 344 g/mol. The SMILES string of the molecule is CC(=O)N(Cc1ccc(F)cc1)[C@@H](C(=O)NCCO)c1ccccc1. The van der Waals surface area contributed by atoms with Crippen LogP contribution in [0.2, 0.25) is 0 Å². The lowest BCUT2D eigenvalue weighted by Crippen LogP contribution is -2.43. The van der Waals surface area contributed by atoms with Crippen LogP contribution in [0.25, 0.3) is 0 Å². The van der Waals surface area contributed by atoms with Crippen molar-refractivity contribution in [1.29, 1.82) is 0 Å². The van der Waals surface area contributed by atoms with Crippen LogP contribution in [0, 0.1) is 5.82 Å². The van der Waals surface area contributed by atoms with E-state index in [0.717, 1.165) is 0 Å². The molecular formula is C19H21FN2O3. The van der Waals surface area contributed by atoms with E-state index in [9.17, 15) is 14.0 Å². The molecule has 2 N–H and O–H groups in total. The van der Waals surface area contributed by atoms with Gasteiger partial charge in [-0.1, -0.05) is 42.5 Å². The first-order valence-corrected chi connectivity index (χ1v) is 7.98. The van der Waals surface area contributed by atoms with Gasteiger partial charge in [0.1, 0.15) is 11.9 Å². The molecule has 0 bridgehead atoms. The van der Waals surface area contributed by atoms with Crippen molar-refractivity contribution in [3.63, 3.8) is 0 Å². The smallest absolute Gasteiger partial charge is 0.247 e. The standard InChI is InChI=1S/C19H21FN2O3/c1-14(24)22(13-15-7-9-17(20)10-8-15)18(19(25)21-11-12-23)16-5-3-2-4-6-16/h2-10,18,23H,11-13H2,1H3,(H,21,25)/t18-/m1/s1. The molecule has 1 atom stereocenters. The molecule has 2 aromatic rings. The number of amides is 2. The van der Waals surface area contributed by atoms with Crippen LogP contribution >= 0.6 is 0 Å². The summed E-state index contributed by atoms with van der Waals surface area (Å²) in [4.78, 5) is 26.3. The van der Waals surface area contributed by atoms with Gasteiger partial charge >= 0.3 is 0 Å². The fraction of sp³-hybridized carbons (Fsp3) is 0.263. The molecule has 6 heteroatoms. The molecule has 0 radical (unpaired) electrons. The van der Waals surface area contributed by atoms with E-state index in [1.54, 1.807) is 36.4 Å². The molecule has 0 aliphatic heterocycles. The first-order chi connectivity index (χ1) is 12.0. The summed E-state index contributed by atoms with van der Waals surface area (Å²) in [5.74, 6) is -1.02. The van der Waals surface area contributed by atoms with Crippen LogP contribution in [-0.2, 0) is 16.1 Å². The zero-order chi connectivity index (χ0) is 18.2. The Kier molecular flexibility index (Phi) is 6.65. The molecule has 0 aliphatic rings. The lowest BCUT2D eigenvalue weighted by molar-refractivity contribution is -0.140. The minimum Gasteiger partial charge on any atom is -0.395 e. The van der Waals surface area contributed by atoms with Gasteiger partial charge in [0, 0.05) is 20.0 Å². The number of hydrogen-bond donors (Lipinski definition) is 2. The third-order valence-electron chi connectivity index (χ3n) is 3.76. The second-order valence-electron chi connectivity index (χ2n) is 5.60. The Morgan fingerprint density at radius 1 is 1.12 bits per heavy atom. The molecule has 0 saturated heterocycles. The number of aliphatic hydroxyl groups excluding tert-OH is 1. The van der Waals surface area contributed by atoms with Crippen molar-refractivity contribution >= 4 is 11.8 Å². The van der Waals surface area contributed by atoms with E-state index in [1.165, 1.54) is 24.0 Å². The summed E-state index contributed by atoms with van der Waals surface area (Å²) in [6, 6.07) is 13.9. The summed E-state index contributed by atoms with van der Waals surface area (Å²) >= 11 is 0. The van der Waals surface area contributed by atoms with Gasteiger partial charge < -0.3 is 15.3 Å². The van der Waals surface area contributed by atoms with Crippen LogP contribution in [0.5, 0.6) is 0 Å². The number of carbonyl (C=O) groups is 2. The number of benzene rings is 2. The number of hydrogen-bond acceptors (Lipinski definition) is 3. The molecule has 2 aromatic carbocycles. The van der Waals surface area contributed by atoms with E-state index in [4.69, 9.17) is 5.11 Å². The van der Waals surface area contributed by atoms with Gasteiger partial charge in [-0.2, -0.15) is 0 Å². The molecule has 0 aromatic heterocycles. The topological polar surface area (TPSA) is 69.6 Å². The predicted octanol–water partition coefficient (Wildman–Crippen LogP) is 2.02. The average molecular weight is 344 g/mol. The number of carbonyl (C=O) groups excluding carboxylic acids is 2. The fourth-order valence-corrected chi connectivity index (χ4v) is 2.55. The van der Waals surface area contributed by atoms with Gasteiger partial charge in [-0.05, 0) is 23.3 Å². The van der Waals surface area contributed by atoms with Gasteiger partial charge in [-0.15, -0.1) is 0 Å². The average Bonchev–Trinajstić information content (AvgIpc) is 2.62. The van der Waals surface area contributed by atoms with E-state index in [0.29, 0.717) is 11.1 Å². The van der Waals surface area contributed by atoms with Crippen molar-refractivity contribution in [2.24, 2.45) is 0 Å². The molecule has 2 rings (SSSR count). The molecule has 5 nitrogen and oxygen atoms in total. The number of rotatable bonds is 7. The molecule has 0 fully saturated rings. The van der Waals surface area contributed by atoms with Gasteiger partial charge in [0.25, 0.3) is 0 Å². The summed E-state index contributed by atoms with van der Waals surface area (Å²) in [6.07, 6.45) is 0. The van der Waals surface area contributed by atoms with Crippen LogP contribution in [0.1, 0.15) is 24.1 Å². The van der Waals surface area contributed by atoms with Gasteiger partial charge in [0.15, 0.2) is 0 Å². The second kappa shape index (κ2) is 8.94. The van der Waals surface area contributed by atoms with Crippen molar-refractivity contribution in [1.82, 2.24) is 10.2 Å². The summed E-state index contributed by atoms with van der Waals surface area (Å²) < 4.78 is 13.1. The highest BCUT2D eigenvalue weighted by atomic mass is 19.1. The predicted molar refractivity (Wildman–Crippen MR) is 91.9 cm³/mol. The van der Waals surface area contributed by atoms with Crippen molar-refractivity contribution < 1.29 is 19.1 Å². The van der Waals surface area contributed by atoms with Crippen molar-refractivity contribution in [2.75, 3.05) is 13.2 Å². The van der Waals surface area contributed by atoms with Crippen LogP contribution in [0.15, 0.2) is 54.6 Å². The molecular weight excluding hydrogens is 323 g/mol. The highest BCUT2D eigenvalue weighted by Crippen LogP contribution is 2.23. The van der Waals surface area contributed by atoms with E-state index in [2.05, 4.69) is 5.32 Å². The Balaban J connectivity index is 2.34. The summed E-state index contributed by atoms with van der Waals surface area (Å²) in [5, 5.41) is 11.6. The van der Waals surface area contributed by atoms with Crippen molar-refractivity contribution in [3.8, 4) is 0 Å². The third kappa shape index (κ3) is 5.12. The van der Waals surface area contributed by atoms with Gasteiger partial charge in [-0.3, -0.25) is 9.59 Å². The van der Waals surface area contributed by atoms with Crippen LogP contribution in [-0.4, -0.2) is 35.0 Å². The van der Waals surface area contributed by atoms with Crippen LogP contribution in [0.3, 0.4) is 0 Å². The minimum absolute atomic E-state index is 0.102. The van der Waals surface area contributed by atoms with Crippen molar-refractivity contribution in [2.45, 2.75) is 19.5 Å². The third-order valence-corrected chi connectivity index (χ3v) is 3.76. The first-order valence-electron chi connectivity index (χ1n) is 7.98. The molecule has 0 unspecified atom stereocenters. The second-order valence-corrected chi connectivity index (χ2v) is 5.60. The van der Waals surface area contributed by atoms with Gasteiger partial charge in [0.05, 0.1) is 6.61 Å². The Bertz CT molecular complexity index is 704. The molecule has 0 spiro atoms. The van der Waals surface area contributed by atoms with Crippen molar-refractivity contribution in [3.05, 3.63) is 71.5 Å². The maximum Gasteiger partial charge on any atom is 0.247 e. The van der Waals surface area contributed by atoms with Gasteiger partial charge in [-0.25, -0.2) is 4.39 Å². The summed E-state index contributed by atoms with van der Waals surface area (Å²) in [7, 11) is 0. The highest BCUT2D eigenvalue weighted by molar-refractivity contribution is 5.88. The molecule has 25 heavy (non-hydrogen) atoms. The number of aliphatic hydroxyl groups is 1. The van der Waals surface area contributed by atoms with Gasteiger partial charge in [0.2, 0.25) is 11.8 Å². The molecule has 2 amide bonds. The normalized spacial score (nSPS) is 11.6. The zero-order valence-electron chi connectivity index (χ0n) is 14.0. The molecule has 0 aliphatic carbocycles. The number of nitrogens with one attached hydrogen (secondary N) is 1. The highest BCUT2D eigenvalue weighted by Gasteiger charge is 2.29. The Labute approximate surface area is 146 Å². The fourth-order valence-electron chi connectivity index (χ4n) is 2.55. The van der Waals surface area contributed by atoms with Crippen LogP contribution in [0.4, 0.5) is 4.39 Å². The quantitative estimate of drug-likeness (QED) is 0.807. The Morgan fingerprint density at radius 3 is 2.32 bits per heavy atom. The van der Waals surface area contributed by atoms with Crippen LogP contribution < -0.4 is 5.32 Å². The van der Waals surface area contributed by atoms with E-state index in [-0.39, 0.29) is 37.3 Å². The largest absolute Gasteiger partial charge is 0.395 e. The lowest BCUT2D eigenvalue weighted by Gasteiger charge is -2.30. The molecule has 132 valence electrons. The van der Waals surface area contributed by atoms with E-state index in [1.807, 2.05) is 6.07 Å².